The molecule has 0 bridgehead atoms. The van der Waals surface area contributed by atoms with Crippen molar-refractivity contribution in [2.24, 2.45) is 5.41 Å². The van der Waals surface area contributed by atoms with Crippen LogP contribution in [-0.4, -0.2) is 56.3 Å². The van der Waals surface area contributed by atoms with Crippen LogP contribution in [0.1, 0.15) is 43.7 Å². The van der Waals surface area contributed by atoms with Gasteiger partial charge < -0.3 is 24.4 Å². The second kappa shape index (κ2) is 8.47. The number of carbonyl (C=O) groups excluding carboxylic acids is 1. The van der Waals surface area contributed by atoms with Gasteiger partial charge in [-0.15, -0.1) is 0 Å². The number of ether oxygens (including phenoxy) is 3. The van der Waals surface area contributed by atoms with Crippen molar-refractivity contribution in [3.8, 4) is 11.5 Å². The second-order valence-electron chi connectivity index (χ2n) is 9.76. The Kier molecular flexibility index (Phi) is 5.59. The monoisotopic (exact) mass is 466 g/mol. The molecule has 3 aliphatic rings. The summed E-state index contributed by atoms with van der Waals surface area (Å²) in [6, 6.07) is 5.52. The Hall–Kier alpha value is -3.33. The minimum atomic E-state index is -0.551. The molecule has 34 heavy (non-hydrogen) atoms. The van der Waals surface area contributed by atoms with E-state index >= 15 is 0 Å². The number of H-pyrrole nitrogens is 1. The number of anilines is 2. The molecule has 1 unspecified atom stereocenters. The van der Waals surface area contributed by atoms with Crippen LogP contribution < -0.4 is 25.2 Å². The van der Waals surface area contributed by atoms with Gasteiger partial charge in [0.25, 0.3) is 5.56 Å². The summed E-state index contributed by atoms with van der Waals surface area (Å²) in [7, 11) is 3.15. The third-order valence-electron chi connectivity index (χ3n) is 6.76. The lowest BCUT2D eigenvalue weighted by atomic mass is 9.69. The van der Waals surface area contributed by atoms with Crippen LogP contribution in [0.25, 0.3) is 0 Å². The maximum absolute atomic E-state index is 13.5. The topological polar surface area (TPSA) is 106 Å². The van der Waals surface area contributed by atoms with E-state index in [-0.39, 0.29) is 16.8 Å². The van der Waals surface area contributed by atoms with Gasteiger partial charge in [-0.1, -0.05) is 19.9 Å². The molecule has 180 valence electrons. The molecule has 2 N–H and O–H groups in total. The Morgan fingerprint density at radius 2 is 1.82 bits per heavy atom. The molecular formula is C25H30N4O5. The number of hydrogen-bond donors (Lipinski definition) is 2. The first-order valence-electron chi connectivity index (χ1n) is 11.5. The zero-order valence-electron chi connectivity index (χ0n) is 20.0. The second-order valence-corrected chi connectivity index (χ2v) is 9.76. The first-order valence-corrected chi connectivity index (χ1v) is 11.5. The number of ketones is 1. The lowest BCUT2D eigenvalue weighted by Gasteiger charge is -2.39. The summed E-state index contributed by atoms with van der Waals surface area (Å²) in [6.45, 7) is 6.64. The number of fused-ring (bicyclic) bond motifs is 1. The molecule has 0 spiro atoms. The van der Waals surface area contributed by atoms with Crippen molar-refractivity contribution in [2.75, 3.05) is 50.7 Å². The summed E-state index contributed by atoms with van der Waals surface area (Å²) in [5.74, 6) is 1.62. The number of benzene rings is 1. The summed E-state index contributed by atoms with van der Waals surface area (Å²) < 4.78 is 16.4. The maximum Gasteiger partial charge on any atom is 0.258 e. The van der Waals surface area contributed by atoms with Gasteiger partial charge in [0, 0.05) is 36.7 Å². The minimum Gasteiger partial charge on any atom is -0.493 e. The SMILES string of the molecule is COc1ccc(C2C3=C(CC(C)(C)CC3=O)Nc3nc(N4CCOCC4)[nH]c(=O)c32)cc1OC. The first-order chi connectivity index (χ1) is 16.3. The van der Waals surface area contributed by atoms with E-state index in [1.807, 2.05) is 17.0 Å². The Morgan fingerprint density at radius 1 is 1.09 bits per heavy atom. The molecule has 0 amide bonds. The smallest absolute Gasteiger partial charge is 0.258 e. The van der Waals surface area contributed by atoms with Crippen molar-refractivity contribution < 1.29 is 19.0 Å². The van der Waals surface area contributed by atoms with Crippen LogP contribution >= 0.6 is 0 Å². The molecule has 0 radical (unpaired) electrons. The first kappa shape index (κ1) is 22.5. The summed E-state index contributed by atoms with van der Waals surface area (Å²) in [4.78, 5) is 36.7. The van der Waals surface area contributed by atoms with Gasteiger partial charge in [-0.25, -0.2) is 0 Å². The molecule has 0 saturated carbocycles. The van der Waals surface area contributed by atoms with Gasteiger partial charge in [0.2, 0.25) is 5.95 Å². The normalized spacial score (nSPS) is 21.5. The number of methoxy groups -OCH3 is 2. The molecule has 1 fully saturated rings. The fraction of sp³-hybridized carbons (Fsp3) is 0.480. The van der Waals surface area contributed by atoms with Crippen LogP contribution in [0.4, 0.5) is 11.8 Å². The average Bonchev–Trinajstić information content (AvgIpc) is 2.82. The predicted octanol–water partition coefficient (Wildman–Crippen LogP) is 2.82. The van der Waals surface area contributed by atoms with Gasteiger partial charge in [-0.05, 0) is 29.5 Å². The summed E-state index contributed by atoms with van der Waals surface area (Å²) >= 11 is 0. The van der Waals surface area contributed by atoms with Crippen LogP contribution in [-0.2, 0) is 9.53 Å². The molecule has 2 aliphatic heterocycles. The number of nitrogens with one attached hydrogen (secondary N) is 2. The Morgan fingerprint density at radius 3 is 2.53 bits per heavy atom. The highest BCUT2D eigenvalue weighted by Crippen LogP contribution is 2.48. The standard InChI is InChI=1S/C25H30N4O5/c1-25(2)12-15-20(16(30)13-25)19(14-5-6-17(32-3)18(11-14)33-4)21-22(26-15)27-24(28-23(21)31)29-7-9-34-10-8-29/h5-6,11,19H,7-10,12-13H2,1-4H3,(H2,26,27,28,31). The van der Waals surface area contributed by atoms with Gasteiger partial charge >= 0.3 is 0 Å². The number of rotatable bonds is 4. The molecule has 5 rings (SSSR count). The van der Waals surface area contributed by atoms with Crippen molar-refractivity contribution in [1.29, 1.82) is 0 Å². The van der Waals surface area contributed by atoms with Crippen molar-refractivity contribution in [1.82, 2.24) is 9.97 Å². The number of hydrogen-bond acceptors (Lipinski definition) is 8. The van der Waals surface area contributed by atoms with E-state index in [0.29, 0.717) is 73.5 Å². The van der Waals surface area contributed by atoms with E-state index in [0.717, 1.165) is 11.3 Å². The van der Waals surface area contributed by atoms with Crippen molar-refractivity contribution in [3.63, 3.8) is 0 Å². The number of Topliss-reactive ketones (excluding diaryl/α,β-unsaturated/α-hetero) is 1. The molecule has 1 aliphatic carbocycles. The summed E-state index contributed by atoms with van der Waals surface area (Å²) in [5.41, 5.74) is 2.24. The predicted molar refractivity (Wildman–Crippen MR) is 128 cm³/mol. The molecule has 1 saturated heterocycles. The fourth-order valence-electron chi connectivity index (χ4n) is 5.19. The molecule has 9 nitrogen and oxygen atoms in total. The average molecular weight is 467 g/mol. The molecule has 1 aromatic heterocycles. The van der Waals surface area contributed by atoms with Crippen molar-refractivity contribution >= 4 is 17.5 Å². The lowest BCUT2D eigenvalue weighted by Crippen LogP contribution is -2.40. The highest BCUT2D eigenvalue weighted by molar-refractivity contribution is 6.01. The molecule has 3 heterocycles. The third-order valence-corrected chi connectivity index (χ3v) is 6.76. The highest BCUT2D eigenvalue weighted by atomic mass is 16.5. The summed E-state index contributed by atoms with van der Waals surface area (Å²) in [6.07, 6.45) is 1.11. The van der Waals surface area contributed by atoms with E-state index in [1.54, 1.807) is 20.3 Å². The van der Waals surface area contributed by atoms with Gasteiger partial charge in [0.1, 0.15) is 5.82 Å². The molecule has 1 atom stereocenters. The van der Waals surface area contributed by atoms with Crippen LogP contribution in [0, 0.1) is 5.41 Å². The molecule has 1 aromatic carbocycles. The largest absolute Gasteiger partial charge is 0.493 e. The van der Waals surface area contributed by atoms with E-state index in [1.165, 1.54) is 0 Å². The minimum absolute atomic E-state index is 0.0424. The van der Waals surface area contributed by atoms with Gasteiger partial charge in [0.15, 0.2) is 17.3 Å². The number of allylic oxidation sites excluding steroid dienone is 2. The Bertz CT molecular complexity index is 1230. The van der Waals surface area contributed by atoms with E-state index in [2.05, 4.69) is 24.1 Å². The molecule has 2 aromatic rings. The number of nitrogens with zero attached hydrogens (tertiary/aromatic N) is 2. The van der Waals surface area contributed by atoms with Gasteiger partial charge in [-0.2, -0.15) is 4.98 Å². The van der Waals surface area contributed by atoms with Crippen LogP contribution in [0.3, 0.4) is 0 Å². The fourth-order valence-corrected chi connectivity index (χ4v) is 5.19. The van der Waals surface area contributed by atoms with Gasteiger partial charge in [-0.3, -0.25) is 14.6 Å². The molecular weight excluding hydrogens is 436 g/mol. The molecule has 9 heteroatoms. The zero-order valence-corrected chi connectivity index (χ0v) is 20.0. The third kappa shape index (κ3) is 3.83. The van der Waals surface area contributed by atoms with Crippen LogP contribution in [0.15, 0.2) is 34.3 Å². The van der Waals surface area contributed by atoms with Crippen LogP contribution in [0.2, 0.25) is 0 Å². The van der Waals surface area contributed by atoms with E-state index in [9.17, 15) is 9.59 Å². The highest BCUT2D eigenvalue weighted by Gasteiger charge is 2.42. The Balaban J connectivity index is 1.69. The van der Waals surface area contributed by atoms with E-state index in [4.69, 9.17) is 19.2 Å². The van der Waals surface area contributed by atoms with Crippen molar-refractivity contribution in [3.05, 3.63) is 50.9 Å². The van der Waals surface area contributed by atoms with Crippen molar-refractivity contribution in [2.45, 2.75) is 32.6 Å². The maximum atomic E-state index is 13.5. The van der Waals surface area contributed by atoms with Crippen LogP contribution in [0.5, 0.6) is 11.5 Å². The quantitative estimate of drug-likeness (QED) is 0.709. The lowest BCUT2D eigenvalue weighted by molar-refractivity contribution is -0.118. The Labute approximate surface area is 198 Å². The number of morpholine rings is 1. The number of carbonyl (C=O) groups is 1. The number of aromatic nitrogens is 2. The van der Waals surface area contributed by atoms with E-state index < -0.39 is 5.92 Å². The number of aromatic amines is 1. The zero-order chi connectivity index (χ0) is 24.0. The summed E-state index contributed by atoms with van der Waals surface area (Å²) in [5, 5.41) is 3.37. The van der Waals surface area contributed by atoms with Gasteiger partial charge in [0.05, 0.1) is 33.0 Å².